The predicted molar refractivity (Wildman–Crippen MR) is 98.9 cm³/mol. The van der Waals surface area contributed by atoms with Crippen molar-refractivity contribution < 1.29 is 22.8 Å². The topological polar surface area (TPSA) is 55.6 Å². The predicted octanol–water partition coefficient (Wildman–Crippen LogP) is 4.42. The lowest BCUT2D eigenvalue weighted by Gasteiger charge is -2.18. The van der Waals surface area contributed by atoms with Crippen molar-refractivity contribution in [1.82, 2.24) is 10.1 Å². The number of ether oxygens (including phenoxy) is 1. The number of benzene rings is 2. The molecule has 0 aliphatic heterocycles. The lowest BCUT2D eigenvalue weighted by atomic mass is 10.1. The molecule has 1 aromatic heterocycles. The number of aromatic nitrogens is 1. The van der Waals surface area contributed by atoms with Gasteiger partial charge in [0.15, 0.2) is 0 Å². The Morgan fingerprint density at radius 3 is 2.64 bits per heavy atom. The van der Waals surface area contributed by atoms with Gasteiger partial charge >= 0.3 is 0 Å². The Balaban J connectivity index is 1.69. The number of carbonyl (C=O) groups excluding carboxylic acids is 1. The Labute approximate surface area is 161 Å². The summed E-state index contributed by atoms with van der Waals surface area (Å²) in [6, 6.07) is 10.0. The summed E-state index contributed by atoms with van der Waals surface area (Å²) in [4.78, 5) is 14.0. The smallest absolute Gasteiger partial charge is 0.254 e. The van der Waals surface area contributed by atoms with Gasteiger partial charge in [-0.3, -0.25) is 4.79 Å². The molecule has 28 heavy (non-hydrogen) atoms. The Morgan fingerprint density at radius 1 is 1.18 bits per heavy atom. The number of rotatable bonds is 6. The Morgan fingerprint density at radius 2 is 1.96 bits per heavy atom. The maximum atomic E-state index is 13.8. The third-order valence-corrected chi connectivity index (χ3v) is 4.41. The molecule has 0 fully saturated rings. The van der Waals surface area contributed by atoms with Crippen LogP contribution in [0.4, 0.5) is 8.78 Å². The molecule has 0 aliphatic carbocycles. The van der Waals surface area contributed by atoms with E-state index in [4.69, 9.17) is 9.26 Å². The molecule has 0 bridgehead atoms. The van der Waals surface area contributed by atoms with E-state index >= 15 is 0 Å². The van der Waals surface area contributed by atoms with Crippen LogP contribution < -0.4 is 4.74 Å². The number of aryl methyl sites for hydroxylation is 2. The molecule has 0 spiro atoms. The summed E-state index contributed by atoms with van der Waals surface area (Å²) in [5, 5.41) is 3.88. The van der Waals surface area contributed by atoms with Gasteiger partial charge in [0.2, 0.25) is 0 Å². The van der Waals surface area contributed by atoms with Gasteiger partial charge in [-0.25, -0.2) is 8.78 Å². The van der Waals surface area contributed by atoms with Crippen molar-refractivity contribution in [2.24, 2.45) is 0 Å². The molecule has 7 heteroatoms. The summed E-state index contributed by atoms with van der Waals surface area (Å²) < 4.78 is 37.7. The van der Waals surface area contributed by atoms with Crippen LogP contribution >= 0.6 is 0 Å². The molecule has 3 aromatic rings. The average molecular weight is 386 g/mol. The highest BCUT2D eigenvalue weighted by molar-refractivity contribution is 5.94. The van der Waals surface area contributed by atoms with Crippen molar-refractivity contribution >= 4 is 5.91 Å². The summed E-state index contributed by atoms with van der Waals surface area (Å²) >= 11 is 0. The SMILES string of the molecule is Cc1noc(C)c1COc1cccc(C(=O)N(C)Cc2ccc(F)cc2F)c1. The molecule has 0 atom stereocenters. The molecule has 0 saturated heterocycles. The van der Waals surface area contributed by atoms with Gasteiger partial charge in [-0.15, -0.1) is 0 Å². The second-order valence-electron chi connectivity index (χ2n) is 6.52. The summed E-state index contributed by atoms with van der Waals surface area (Å²) in [7, 11) is 1.56. The van der Waals surface area contributed by atoms with Crippen LogP contribution in [0.1, 0.15) is 32.9 Å². The molecule has 146 valence electrons. The van der Waals surface area contributed by atoms with Crippen LogP contribution in [0.2, 0.25) is 0 Å². The van der Waals surface area contributed by atoms with Crippen molar-refractivity contribution in [1.29, 1.82) is 0 Å². The zero-order chi connectivity index (χ0) is 20.3. The van der Waals surface area contributed by atoms with Gasteiger partial charge in [0.1, 0.15) is 29.8 Å². The molecule has 5 nitrogen and oxygen atoms in total. The molecule has 0 aliphatic rings. The average Bonchev–Trinajstić information content (AvgIpc) is 2.99. The molecule has 3 rings (SSSR count). The molecule has 2 aromatic carbocycles. The van der Waals surface area contributed by atoms with Gasteiger partial charge in [0.25, 0.3) is 5.91 Å². The monoisotopic (exact) mass is 386 g/mol. The number of carbonyl (C=O) groups is 1. The van der Waals surface area contributed by atoms with Crippen LogP contribution in [0.3, 0.4) is 0 Å². The standard InChI is InChI=1S/C21H20F2N2O3/c1-13-19(14(2)28-24-13)12-27-18-6-4-5-15(9-18)21(26)25(3)11-16-7-8-17(22)10-20(16)23/h4-10H,11-12H2,1-3H3. The van der Waals surface area contributed by atoms with E-state index in [0.29, 0.717) is 17.1 Å². The first-order chi connectivity index (χ1) is 13.3. The third kappa shape index (κ3) is 4.36. The van der Waals surface area contributed by atoms with E-state index in [-0.39, 0.29) is 24.6 Å². The Kier molecular flexibility index (Phi) is 5.73. The number of nitrogens with zero attached hydrogens (tertiary/aromatic N) is 2. The number of halogens is 2. The van der Waals surface area contributed by atoms with Crippen LogP contribution in [0.5, 0.6) is 5.75 Å². The fraction of sp³-hybridized carbons (Fsp3) is 0.238. The minimum atomic E-state index is -0.684. The van der Waals surface area contributed by atoms with E-state index < -0.39 is 11.6 Å². The highest BCUT2D eigenvalue weighted by Crippen LogP contribution is 2.20. The van der Waals surface area contributed by atoms with E-state index in [0.717, 1.165) is 17.3 Å². The van der Waals surface area contributed by atoms with Crippen molar-refractivity contribution in [3.8, 4) is 5.75 Å². The molecular weight excluding hydrogens is 366 g/mol. The zero-order valence-corrected chi connectivity index (χ0v) is 15.8. The van der Waals surface area contributed by atoms with Gasteiger partial charge in [-0.05, 0) is 38.1 Å². The minimum absolute atomic E-state index is 0.0229. The minimum Gasteiger partial charge on any atom is -0.489 e. The fourth-order valence-electron chi connectivity index (χ4n) is 2.78. The lowest BCUT2D eigenvalue weighted by Crippen LogP contribution is -2.26. The molecule has 0 N–H and O–H groups in total. The highest BCUT2D eigenvalue weighted by Gasteiger charge is 2.16. The lowest BCUT2D eigenvalue weighted by molar-refractivity contribution is 0.0783. The van der Waals surface area contributed by atoms with Gasteiger partial charge in [-0.1, -0.05) is 17.3 Å². The first-order valence-corrected chi connectivity index (χ1v) is 8.69. The number of hydrogen-bond acceptors (Lipinski definition) is 4. The fourth-order valence-corrected chi connectivity index (χ4v) is 2.78. The van der Waals surface area contributed by atoms with Gasteiger partial charge in [0, 0.05) is 30.8 Å². The molecule has 1 heterocycles. The van der Waals surface area contributed by atoms with Crippen molar-refractivity contribution in [2.45, 2.75) is 27.0 Å². The zero-order valence-electron chi connectivity index (χ0n) is 15.8. The Bertz CT molecular complexity index is 982. The Hall–Kier alpha value is -3.22. The first-order valence-electron chi connectivity index (χ1n) is 8.69. The summed E-state index contributed by atoms with van der Waals surface area (Å²) in [6.07, 6.45) is 0. The third-order valence-electron chi connectivity index (χ3n) is 4.41. The maximum absolute atomic E-state index is 13.8. The van der Waals surface area contributed by atoms with Crippen LogP contribution in [-0.4, -0.2) is 23.0 Å². The van der Waals surface area contributed by atoms with E-state index in [1.807, 2.05) is 13.8 Å². The van der Waals surface area contributed by atoms with Crippen LogP contribution in [0.15, 0.2) is 47.0 Å². The van der Waals surface area contributed by atoms with Gasteiger partial charge in [-0.2, -0.15) is 0 Å². The van der Waals surface area contributed by atoms with Crippen LogP contribution in [0, 0.1) is 25.5 Å². The largest absolute Gasteiger partial charge is 0.489 e. The molecule has 0 radical (unpaired) electrons. The normalized spacial score (nSPS) is 10.8. The quantitative estimate of drug-likeness (QED) is 0.629. The highest BCUT2D eigenvalue weighted by atomic mass is 19.1. The molecule has 0 unspecified atom stereocenters. The van der Waals surface area contributed by atoms with E-state index in [2.05, 4.69) is 5.16 Å². The summed E-state index contributed by atoms with van der Waals surface area (Å²) in [5.74, 6) is -0.431. The van der Waals surface area contributed by atoms with Gasteiger partial charge < -0.3 is 14.2 Å². The van der Waals surface area contributed by atoms with Crippen LogP contribution in [0.25, 0.3) is 0 Å². The van der Waals surface area contributed by atoms with Crippen molar-refractivity contribution in [3.63, 3.8) is 0 Å². The molecule has 0 saturated carbocycles. The van der Waals surface area contributed by atoms with E-state index in [1.54, 1.807) is 31.3 Å². The first kappa shape index (κ1) is 19.5. The van der Waals surface area contributed by atoms with E-state index in [1.165, 1.54) is 17.0 Å². The number of hydrogen-bond donors (Lipinski definition) is 0. The summed E-state index contributed by atoms with van der Waals surface area (Å²) in [6.45, 7) is 3.94. The summed E-state index contributed by atoms with van der Waals surface area (Å²) in [5.41, 5.74) is 2.26. The number of amides is 1. The molecule has 1 amide bonds. The molecular formula is C21H20F2N2O3. The maximum Gasteiger partial charge on any atom is 0.254 e. The van der Waals surface area contributed by atoms with Crippen molar-refractivity contribution in [3.05, 3.63) is 82.2 Å². The van der Waals surface area contributed by atoms with Crippen molar-refractivity contribution in [2.75, 3.05) is 7.05 Å². The van der Waals surface area contributed by atoms with Gasteiger partial charge in [0.05, 0.1) is 11.3 Å². The van der Waals surface area contributed by atoms with E-state index in [9.17, 15) is 13.6 Å². The second kappa shape index (κ2) is 8.21. The second-order valence-corrected chi connectivity index (χ2v) is 6.52. The van der Waals surface area contributed by atoms with Crippen LogP contribution in [-0.2, 0) is 13.2 Å².